The highest BCUT2D eigenvalue weighted by atomic mass is 32.1. The molecule has 10 aliphatic rings. The Labute approximate surface area is 746 Å². The van der Waals surface area contributed by atoms with Gasteiger partial charge in [-0.3, -0.25) is 0 Å². The summed E-state index contributed by atoms with van der Waals surface area (Å²) in [6.07, 6.45) is 37.7. The molecule has 2 aromatic heterocycles. The lowest BCUT2D eigenvalue weighted by Gasteiger charge is -2.33. The van der Waals surface area contributed by atoms with Crippen LogP contribution in [0.5, 0.6) is 0 Å². The van der Waals surface area contributed by atoms with Crippen molar-refractivity contribution in [1.82, 2.24) is 4.57 Å². The molecule has 9 saturated carbocycles. The number of thiophene rings is 1. The lowest BCUT2D eigenvalue weighted by atomic mass is 9.81. The molecule has 628 valence electrons. The molecule has 6 bridgehead atoms. The van der Waals surface area contributed by atoms with Crippen molar-refractivity contribution in [1.29, 1.82) is 0 Å². The van der Waals surface area contributed by atoms with Crippen LogP contribution in [-0.2, 0) is 5.41 Å². The summed E-state index contributed by atoms with van der Waals surface area (Å²) in [5.41, 5.74) is 29.7. The van der Waals surface area contributed by atoms with Crippen molar-refractivity contribution in [2.75, 3.05) is 14.7 Å². The number of para-hydroxylation sites is 2. The van der Waals surface area contributed by atoms with E-state index in [2.05, 4.69) is 336 Å². The van der Waals surface area contributed by atoms with Crippen molar-refractivity contribution in [2.45, 2.75) is 228 Å². The highest BCUT2D eigenvalue weighted by molar-refractivity contribution is 7.25. The average molecular weight is 1650 g/mol. The Morgan fingerprint density at radius 2 is 0.648 bits per heavy atom. The Balaban J connectivity index is 0.000000108. The quantitative estimate of drug-likeness (QED) is 0.0958. The molecule has 0 aliphatic heterocycles. The largest absolute Gasteiger partial charge is 0.310 e. The summed E-state index contributed by atoms with van der Waals surface area (Å²) in [5, 5.41) is 5.29. The van der Waals surface area contributed by atoms with Crippen LogP contribution in [0.3, 0.4) is 0 Å². The number of hydrogen-bond donors (Lipinski definition) is 0. The molecule has 0 spiro atoms. The van der Waals surface area contributed by atoms with E-state index >= 15 is 0 Å². The maximum atomic E-state index is 2.54. The molecule has 0 amide bonds. The van der Waals surface area contributed by atoms with Crippen molar-refractivity contribution < 1.29 is 0 Å². The number of benzene rings is 13. The molecular weight excluding hydrogens is 1530 g/mol. The van der Waals surface area contributed by atoms with Crippen LogP contribution in [0.4, 0.5) is 51.2 Å². The van der Waals surface area contributed by atoms with E-state index in [-0.39, 0.29) is 5.41 Å². The summed E-state index contributed by atoms with van der Waals surface area (Å²) in [5.74, 6) is 10.1. The minimum absolute atomic E-state index is 0.0637. The van der Waals surface area contributed by atoms with Crippen molar-refractivity contribution >= 4 is 105 Å². The Kier molecular flexibility index (Phi) is 21.4. The predicted molar refractivity (Wildman–Crippen MR) is 530 cm³/mol. The summed E-state index contributed by atoms with van der Waals surface area (Å²) in [6.45, 7) is 4.81. The van der Waals surface area contributed by atoms with Crippen LogP contribution in [0.2, 0.25) is 0 Å². The number of nitrogens with zero attached hydrogens (tertiary/aromatic N) is 4. The summed E-state index contributed by atoms with van der Waals surface area (Å²) in [6, 6.07) is 116. The molecule has 5 heteroatoms. The second-order valence-electron chi connectivity index (χ2n) is 40.4. The molecule has 0 radical (unpaired) electrons. The van der Waals surface area contributed by atoms with E-state index in [0.717, 1.165) is 65.1 Å². The highest BCUT2D eigenvalue weighted by Crippen LogP contribution is 2.59. The first kappa shape index (κ1) is 79.0. The SMILES string of the molecule is CC1(C)c2ccccc2-c2cccc(N(c3ccc(C4CCCCC4)cc3)c3ccc(C4CC5CCC4C5)cc3)c21.c1ccc(-n2c3ccccc3c3cc(N(c4ccc(C5CCCCC5)cc4)c4ccc(C5CC6CCC5C6)cc4)ccc32)cc1.c1ccc2c(c1)sc1ccc(N(c3ccc(C4CCCCC4)cc3)c3ccc(C4CC5CCC4C5)cc3)cc12. The van der Waals surface area contributed by atoms with Gasteiger partial charge in [0.15, 0.2) is 0 Å². The van der Waals surface area contributed by atoms with E-state index < -0.39 is 0 Å². The zero-order chi connectivity index (χ0) is 83.1. The van der Waals surface area contributed by atoms with Crippen LogP contribution in [0, 0.1) is 35.5 Å². The summed E-state index contributed by atoms with van der Waals surface area (Å²) >= 11 is 1.89. The Morgan fingerprint density at radius 3 is 1.11 bits per heavy atom. The van der Waals surface area contributed by atoms with Crippen molar-refractivity contribution in [3.05, 3.63) is 348 Å². The highest BCUT2D eigenvalue weighted by Gasteiger charge is 2.44. The molecule has 25 rings (SSSR count). The first-order valence-corrected chi connectivity index (χ1v) is 49.7. The van der Waals surface area contributed by atoms with Gasteiger partial charge in [-0.1, -0.05) is 255 Å². The van der Waals surface area contributed by atoms with Crippen LogP contribution >= 0.6 is 11.3 Å². The van der Waals surface area contributed by atoms with Crippen LogP contribution in [-0.4, -0.2) is 4.57 Å². The van der Waals surface area contributed by atoms with Gasteiger partial charge in [0.1, 0.15) is 0 Å². The third kappa shape index (κ3) is 15.1. The fraction of sp³-hybridized carbons (Fsp3) is 0.350. The van der Waals surface area contributed by atoms with Gasteiger partial charge < -0.3 is 19.3 Å². The van der Waals surface area contributed by atoms with E-state index in [9.17, 15) is 0 Å². The van der Waals surface area contributed by atoms with Gasteiger partial charge in [0.2, 0.25) is 0 Å². The van der Waals surface area contributed by atoms with E-state index in [1.807, 2.05) is 11.3 Å². The van der Waals surface area contributed by atoms with Gasteiger partial charge >= 0.3 is 0 Å². The van der Waals surface area contributed by atoms with Crippen LogP contribution in [0.15, 0.2) is 303 Å². The van der Waals surface area contributed by atoms with Crippen LogP contribution in [0.1, 0.15) is 267 Å². The topological polar surface area (TPSA) is 14.7 Å². The van der Waals surface area contributed by atoms with Gasteiger partial charge in [0.05, 0.1) is 16.7 Å². The van der Waals surface area contributed by atoms with Gasteiger partial charge in [-0.05, 0) is 362 Å². The fourth-order valence-electron chi connectivity index (χ4n) is 26.7. The molecule has 0 saturated heterocycles. The maximum Gasteiger partial charge on any atom is 0.0542 e. The number of rotatable bonds is 16. The fourth-order valence-corrected chi connectivity index (χ4v) is 27.8. The minimum atomic E-state index is -0.0637. The van der Waals surface area contributed by atoms with Crippen molar-refractivity contribution in [3.63, 3.8) is 0 Å². The van der Waals surface area contributed by atoms with Crippen LogP contribution in [0.25, 0.3) is 58.8 Å². The first-order chi connectivity index (χ1) is 61.7. The molecule has 4 nitrogen and oxygen atoms in total. The maximum absolute atomic E-state index is 2.54. The third-order valence-electron chi connectivity index (χ3n) is 33.0. The van der Waals surface area contributed by atoms with Gasteiger partial charge in [-0.2, -0.15) is 0 Å². The second kappa shape index (κ2) is 33.9. The van der Waals surface area contributed by atoms with Crippen LogP contribution < -0.4 is 14.7 Å². The van der Waals surface area contributed by atoms with E-state index in [1.54, 1.807) is 16.7 Å². The lowest BCUT2D eigenvalue weighted by molar-refractivity contribution is 0.420. The summed E-state index contributed by atoms with van der Waals surface area (Å²) < 4.78 is 5.13. The number of anilines is 9. The zero-order valence-electron chi connectivity index (χ0n) is 73.6. The lowest BCUT2D eigenvalue weighted by Crippen LogP contribution is -2.20. The molecule has 9 unspecified atom stereocenters. The standard InChI is InChI=1S/C43H42N2.C40H43N.C37H37NS/c1-3-9-31(10-4-1)32-17-21-36(22-18-32)44(37-23-19-33(20-24-37)40-28-30-15-16-34(40)27-30)38-25-26-43-41(29-38)39-13-7-8-14-42(39)45(43)35-11-5-2-6-12-35;1-40(2)37-13-7-6-11-34(37)35-12-8-14-38(39(35)40)41(32-21-17-29(18-22-32)28-9-4-3-5-10-28)33-23-19-30(20-24-33)36-26-27-15-16-31(36)25-27;1-2-6-26(7-3-1)27-12-16-30(17-13-27)38(31-18-14-28(15-19-31)34-23-25-10-11-29(34)22-25)32-20-21-37-35(24-32)33-8-4-5-9-36(33)39-37/h2,5-8,11-14,17-26,29-31,34,40H,1,3-4,9-10,15-16,27-28H2;6-8,11-14,17-24,27-28,31,36H,3-5,9-10,15-16,25-26H2,1-2H3;4-5,8-9,12-21,24-26,29,34H,1-3,6-7,10-11,22-23H2. The minimum Gasteiger partial charge on any atom is -0.310 e. The Bertz CT molecular complexity index is 6330. The normalized spacial score (nSPS) is 22.9. The molecule has 9 fully saturated rings. The van der Waals surface area contributed by atoms with Gasteiger partial charge in [-0.15, -0.1) is 11.3 Å². The molecule has 125 heavy (non-hydrogen) atoms. The van der Waals surface area contributed by atoms with Crippen molar-refractivity contribution in [3.8, 4) is 16.8 Å². The first-order valence-electron chi connectivity index (χ1n) is 48.9. The predicted octanol–water partition coefficient (Wildman–Crippen LogP) is 35.1. The molecule has 9 atom stereocenters. The monoisotopic (exact) mass is 1650 g/mol. The van der Waals surface area contributed by atoms with E-state index in [0.29, 0.717) is 5.92 Å². The summed E-state index contributed by atoms with van der Waals surface area (Å²) in [7, 11) is 0. The Hall–Kier alpha value is -10.7. The number of fused-ring (bicyclic) bond motifs is 15. The molecule has 2 heterocycles. The van der Waals surface area contributed by atoms with Gasteiger partial charge in [-0.25, -0.2) is 0 Å². The van der Waals surface area contributed by atoms with E-state index in [4.69, 9.17) is 0 Å². The van der Waals surface area contributed by atoms with Gasteiger partial charge in [0.25, 0.3) is 0 Å². The molecule has 13 aromatic carbocycles. The number of aromatic nitrogens is 1. The van der Waals surface area contributed by atoms with E-state index in [1.165, 1.54) is 311 Å². The third-order valence-corrected chi connectivity index (χ3v) is 34.1. The molecular formula is C120H122N4S. The smallest absolute Gasteiger partial charge is 0.0542 e. The molecule has 10 aliphatic carbocycles. The average Bonchev–Trinajstić information content (AvgIpc) is 1.57. The molecule has 0 N–H and O–H groups in total. The number of hydrogen-bond acceptors (Lipinski definition) is 4. The van der Waals surface area contributed by atoms with Crippen molar-refractivity contribution in [2.24, 2.45) is 35.5 Å². The second-order valence-corrected chi connectivity index (χ2v) is 41.5. The van der Waals surface area contributed by atoms with Gasteiger partial charge in [0, 0.05) is 87.5 Å². The Morgan fingerprint density at radius 1 is 0.272 bits per heavy atom. The zero-order valence-corrected chi connectivity index (χ0v) is 74.4. The molecule has 15 aromatic rings. The summed E-state index contributed by atoms with van der Waals surface area (Å²) in [4.78, 5) is 7.49.